The fraction of sp³-hybridized carbons (Fsp3) is 0.400. The minimum atomic E-state index is 0.419. The normalized spacial score (nSPS) is 10.7. The summed E-state index contributed by atoms with van der Waals surface area (Å²) >= 11 is 0. The Bertz CT molecular complexity index is 508. The average molecular weight is 276 g/mol. The van der Waals surface area contributed by atoms with Crippen molar-refractivity contribution in [2.45, 2.75) is 20.1 Å². The molecule has 0 amide bonds. The van der Waals surface area contributed by atoms with Crippen LogP contribution in [0.3, 0.4) is 0 Å². The number of ether oxygens (including phenoxy) is 2. The Labute approximate surface area is 118 Å². The molecule has 0 radical (unpaired) electrons. The van der Waals surface area contributed by atoms with Crippen LogP contribution in [0.15, 0.2) is 34.9 Å². The summed E-state index contributed by atoms with van der Waals surface area (Å²) in [6.07, 6.45) is 0. The number of hydrogen-bond donors (Lipinski definition) is 1. The molecule has 0 atom stereocenters. The monoisotopic (exact) mass is 276 g/mol. The Morgan fingerprint density at radius 2 is 2.05 bits per heavy atom. The van der Waals surface area contributed by atoms with Gasteiger partial charge in [-0.15, -0.1) is 0 Å². The van der Waals surface area contributed by atoms with Crippen molar-refractivity contribution >= 4 is 0 Å². The summed E-state index contributed by atoms with van der Waals surface area (Å²) in [5.41, 5.74) is 2.01. The quantitative estimate of drug-likeness (QED) is 0.750. The van der Waals surface area contributed by atoms with Gasteiger partial charge in [0.2, 0.25) is 0 Å². The third-order valence-electron chi connectivity index (χ3n) is 2.80. The molecule has 0 bridgehead atoms. The highest BCUT2D eigenvalue weighted by molar-refractivity contribution is 5.27. The Morgan fingerprint density at radius 3 is 2.70 bits per heavy atom. The van der Waals surface area contributed by atoms with E-state index in [1.165, 1.54) is 5.56 Å². The van der Waals surface area contributed by atoms with E-state index in [1.54, 1.807) is 7.11 Å². The molecule has 5 nitrogen and oxygen atoms in total. The van der Waals surface area contributed by atoms with Crippen molar-refractivity contribution in [1.82, 2.24) is 10.5 Å². The number of benzene rings is 1. The number of rotatable bonds is 8. The second kappa shape index (κ2) is 7.67. The van der Waals surface area contributed by atoms with Crippen molar-refractivity contribution < 1.29 is 14.0 Å². The summed E-state index contributed by atoms with van der Waals surface area (Å²) < 4.78 is 15.6. The third kappa shape index (κ3) is 4.68. The van der Waals surface area contributed by atoms with Crippen molar-refractivity contribution in [3.63, 3.8) is 0 Å². The minimum absolute atomic E-state index is 0.419. The van der Waals surface area contributed by atoms with Crippen LogP contribution in [0.4, 0.5) is 0 Å². The number of aromatic nitrogens is 1. The molecule has 0 aliphatic carbocycles. The summed E-state index contributed by atoms with van der Waals surface area (Å²) in [5, 5.41) is 7.18. The van der Waals surface area contributed by atoms with Gasteiger partial charge in [0.15, 0.2) is 0 Å². The molecule has 5 heteroatoms. The van der Waals surface area contributed by atoms with Crippen LogP contribution in [0, 0.1) is 6.92 Å². The van der Waals surface area contributed by atoms with Crippen molar-refractivity contribution in [3.8, 4) is 5.75 Å². The van der Waals surface area contributed by atoms with E-state index in [1.807, 2.05) is 37.3 Å². The van der Waals surface area contributed by atoms with Gasteiger partial charge in [0.1, 0.15) is 23.8 Å². The van der Waals surface area contributed by atoms with Crippen LogP contribution < -0.4 is 10.1 Å². The first-order valence-corrected chi connectivity index (χ1v) is 6.61. The van der Waals surface area contributed by atoms with Crippen LogP contribution in [0.1, 0.15) is 17.0 Å². The first-order chi connectivity index (χ1) is 9.78. The van der Waals surface area contributed by atoms with Gasteiger partial charge in [-0.25, -0.2) is 0 Å². The van der Waals surface area contributed by atoms with Crippen LogP contribution in [0.25, 0.3) is 0 Å². The third-order valence-corrected chi connectivity index (χ3v) is 2.80. The molecule has 2 rings (SSSR count). The van der Waals surface area contributed by atoms with Gasteiger partial charge in [0, 0.05) is 26.3 Å². The second-order valence-electron chi connectivity index (χ2n) is 4.53. The predicted molar refractivity (Wildman–Crippen MR) is 75.6 cm³/mol. The molecule has 1 heterocycles. The Hall–Kier alpha value is -1.85. The van der Waals surface area contributed by atoms with E-state index >= 15 is 0 Å². The summed E-state index contributed by atoms with van der Waals surface area (Å²) in [6, 6.07) is 9.88. The van der Waals surface area contributed by atoms with Gasteiger partial charge in [-0.05, 0) is 24.6 Å². The molecule has 20 heavy (non-hydrogen) atoms. The molecular weight excluding hydrogens is 256 g/mol. The fourth-order valence-corrected chi connectivity index (χ4v) is 1.75. The van der Waals surface area contributed by atoms with Crippen molar-refractivity contribution in [2.75, 3.05) is 20.3 Å². The molecule has 0 saturated heterocycles. The maximum absolute atomic E-state index is 5.64. The fourth-order valence-electron chi connectivity index (χ4n) is 1.75. The topological polar surface area (TPSA) is 56.5 Å². The van der Waals surface area contributed by atoms with Gasteiger partial charge in [-0.2, -0.15) is 0 Å². The molecule has 0 aliphatic heterocycles. The lowest BCUT2D eigenvalue weighted by molar-refractivity contribution is 0.199. The molecule has 0 unspecified atom stereocenters. The SMILES string of the molecule is COCCNCc1ccc(OCc2cc(C)on2)cc1. The van der Waals surface area contributed by atoms with Crippen molar-refractivity contribution in [1.29, 1.82) is 0 Å². The van der Waals surface area contributed by atoms with Crippen LogP contribution in [-0.2, 0) is 17.9 Å². The van der Waals surface area contributed by atoms with Crippen LogP contribution in [0.5, 0.6) is 5.75 Å². The highest BCUT2D eigenvalue weighted by Crippen LogP contribution is 2.14. The highest BCUT2D eigenvalue weighted by atomic mass is 16.5. The Balaban J connectivity index is 1.76. The highest BCUT2D eigenvalue weighted by Gasteiger charge is 2.01. The van der Waals surface area contributed by atoms with Crippen LogP contribution >= 0.6 is 0 Å². The molecule has 108 valence electrons. The van der Waals surface area contributed by atoms with E-state index in [4.69, 9.17) is 14.0 Å². The Kier molecular flexibility index (Phi) is 5.58. The standard InChI is InChI=1S/C15H20N2O3/c1-12-9-14(17-20-12)11-19-15-5-3-13(4-6-15)10-16-7-8-18-2/h3-6,9,16H,7-8,10-11H2,1-2H3. The molecule has 2 aromatic rings. The Morgan fingerprint density at radius 1 is 1.25 bits per heavy atom. The summed E-state index contributed by atoms with van der Waals surface area (Å²) in [4.78, 5) is 0. The first kappa shape index (κ1) is 14.6. The number of methoxy groups -OCH3 is 1. The second-order valence-corrected chi connectivity index (χ2v) is 4.53. The molecule has 1 N–H and O–H groups in total. The zero-order chi connectivity index (χ0) is 14.2. The summed E-state index contributed by atoms with van der Waals surface area (Å²) in [7, 11) is 1.70. The van der Waals surface area contributed by atoms with Crippen molar-refractivity contribution in [3.05, 3.63) is 47.3 Å². The van der Waals surface area contributed by atoms with Crippen LogP contribution in [-0.4, -0.2) is 25.4 Å². The predicted octanol–water partition coefficient (Wildman–Crippen LogP) is 2.30. The zero-order valence-electron chi connectivity index (χ0n) is 11.9. The molecule has 0 saturated carbocycles. The molecule has 0 spiro atoms. The van der Waals surface area contributed by atoms with Crippen LogP contribution in [0.2, 0.25) is 0 Å². The lowest BCUT2D eigenvalue weighted by Gasteiger charge is -2.07. The van der Waals surface area contributed by atoms with E-state index in [2.05, 4.69) is 10.5 Å². The van der Waals surface area contributed by atoms with E-state index < -0.39 is 0 Å². The smallest absolute Gasteiger partial charge is 0.134 e. The van der Waals surface area contributed by atoms with Gasteiger partial charge in [-0.3, -0.25) is 0 Å². The van der Waals surface area contributed by atoms with Gasteiger partial charge in [-0.1, -0.05) is 17.3 Å². The number of hydrogen-bond acceptors (Lipinski definition) is 5. The minimum Gasteiger partial charge on any atom is -0.487 e. The summed E-state index contributed by atoms with van der Waals surface area (Å²) in [6.45, 7) is 4.68. The van der Waals surface area contributed by atoms with E-state index in [-0.39, 0.29) is 0 Å². The lowest BCUT2D eigenvalue weighted by atomic mass is 10.2. The number of aryl methyl sites for hydroxylation is 1. The van der Waals surface area contributed by atoms with Crippen molar-refractivity contribution in [2.24, 2.45) is 0 Å². The number of nitrogens with zero attached hydrogens (tertiary/aromatic N) is 1. The van der Waals surface area contributed by atoms with Gasteiger partial charge < -0.3 is 19.3 Å². The maximum Gasteiger partial charge on any atom is 0.134 e. The zero-order valence-corrected chi connectivity index (χ0v) is 11.9. The first-order valence-electron chi connectivity index (χ1n) is 6.61. The van der Waals surface area contributed by atoms with E-state index in [0.29, 0.717) is 6.61 Å². The molecule has 0 aliphatic rings. The maximum atomic E-state index is 5.64. The van der Waals surface area contributed by atoms with Gasteiger partial charge >= 0.3 is 0 Å². The molecule has 1 aromatic carbocycles. The summed E-state index contributed by atoms with van der Waals surface area (Å²) in [5.74, 6) is 1.62. The lowest BCUT2D eigenvalue weighted by Crippen LogP contribution is -2.18. The molecular formula is C15H20N2O3. The van der Waals surface area contributed by atoms with Gasteiger partial charge in [0.25, 0.3) is 0 Å². The largest absolute Gasteiger partial charge is 0.487 e. The average Bonchev–Trinajstić information content (AvgIpc) is 2.88. The molecule has 1 aromatic heterocycles. The van der Waals surface area contributed by atoms with E-state index in [9.17, 15) is 0 Å². The van der Waals surface area contributed by atoms with E-state index in [0.717, 1.165) is 36.9 Å². The molecule has 0 fully saturated rings. The van der Waals surface area contributed by atoms with Gasteiger partial charge in [0.05, 0.1) is 6.61 Å². The number of nitrogens with one attached hydrogen (secondary N) is 1.